The van der Waals surface area contributed by atoms with E-state index >= 15 is 0 Å². The molecule has 0 radical (unpaired) electrons. The number of likely N-dealkylation sites (N-methyl/N-ethyl adjacent to an activating group) is 1. The number of ether oxygens (including phenoxy) is 5. The molecular weight excluding hydrogens is 386 g/mol. The maximum absolute atomic E-state index is 12.9. The van der Waals surface area contributed by atoms with Gasteiger partial charge in [0.1, 0.15) is 11.7 Å². The number of hydrogen-bond acceptors (Lipinski definition) is 7. The predicted molar refractivity (Wildman–Crippen MR) is 109 cm³/mol. The Morgan fingerprint density at radius 1 is 1.20 bits per heavy atom. The zero-order chi connectivity index (χ0) is 21.0. The summed E-state index contributed by atoms with van der Waals surface area (Å²) in [4.78, 5) is 15.2. The third kappa shape index (κ3) is 2.58. The molecule has 2 aromatic carbocycles. The van der Waals surface area contributed by atoms with E-state index in [9.17, 15) is 4.79 Å². The quantitative estimate of drug-likeness (QED) is 0.714. The van der Waals surface area contributed by atoms with Crippen LogP contribution in [0.25, 0.3) is 0 Å². The number of hydrogen-bond donors (Lipinski definition) is 0. The Balaban J connectivity index is 1.69. The molecule has 30 heavy (non-hydrogen) atoms. The first kappa shape index (κ1) is 19.1. The molecule has 2 atom stereocenters. The Morgan fingerprint density at radius 2 is 2.03 bits per heavy atom. The fourth-order valence-electron chi connectivity index (χ4n) is 5.01. The van der Waals surface area contributed by atoms with Crippen LogP contribution < -0.4 is 18.9 Å². The van der Waals surface area contributed by atoms with Crippen LogP contribution in [-0.2, 0) is 17.6 Å². The molecule has 0 saturated carbocycles. The maximum Gasteiger partial charge on any atom is 0.343 e. The minimum absolute atomic E-state index is 0.124. The molecule has 0 aromatic heterocycles. The number of carbonyl (C=O) groups is 1. The third-order valence-electron chi connectivity index (χ3n) is 6.36. The highest BCUT2D eigenvalue weighted by molar-refractivity contribution is 5.98. The lowest BCUT2D eigenvalue weighted by atomic mass is 9.82. The van der Waals surface area contributed by atoms with Gasteiger partial charge in [-0.15, -0.1) is 0 Å². The molecule has 7 nitrogen and oxygen atoms in total. The average Bonchev–Trinajstić information content (AvgIpc) is 3.35. The number of cyclic esters (lactones) is 1. The van der Waals surface area contributed by atoms with Gasteiger partial charge >= 0.3 is 5.97 Å². The Bertz CT molecular complexity index is 1030. The number of benzene rings is 2. The number of carbonyl (C=O) groups excluding carboxylic acids is 1. The van der Waals surface area contributed by atoms with Crippen LogP contribution in [0.5, 0.6) is 23.0 Å². The summed E-state index contributed by atoms with van der Waals surface area (Å²) in [5, 5.41) is 0. The highest BCUT2D eigenvalue weighted by Gasteiger charge is 2.45. The number of nitrogens with zero attached hydrogens (tertiary/aromatic N) is 1. The molecule has 0 bridgehead atoms. The van der Waals surface area contributed by atoms with Crippen molar-refractivity contribution in [2.75, 3.05) is 34.6 Å². The van der Waals surface area contributed by atoms with Gasteiger partial charge in [0, 0.05) is 17.7 Å². The lowest BCUT2D eigenvalue weighted by Crippen LogP contribution is -2.36. The van der Waals surface area contributed by atoms with Crippen LogP contribution in [0.2, 0.25) is 0 Å². The molecule has 0 aliphatic carbocycles. The summed E-state index contributed by atoms with van der Waals surface area (Å²) in [5.41, 5.74) is 4.80. The maximum atomic E-state index is 12.9. The average molecular weight is 411 g/mol. The van der Waals surface area contributed by atoms with Gasteiger partial charge in [0.15, 0.2) is 23.0 Å². The summed E-state index contributed by atoms with van der Waals surface area (Å²) in [6, 6.07) is 5.70. The molecule has 0 amide bonds. The Hall–Kier alpha value is -2.93. The van der Waals surface area contributed by atoms with Crippen molar-refractivity contribution < 1.29 is 28.5 Å². The minimum atomic E-state index is -0.443. The van der Waals surface area contributed by atoms with Gasteiger partial charge in [-0.05, 0) is 43.1 Å². The first-order valence-electron chi connectivity index (χ1n) is 10.2. The second-order valence-electron chi connectivity index (χ2n) is 7.78. The van der Waals surface area contributed by atoms with Crippen molar-refractivity contribution in [2.24, 2.45) is 0 Å². The van der Waals surface area contributed by atoms with Crippen LogP contribution >= 0.6 is 0 Å². The zero-order valence-corrected chi connectivity index (χ0v) is 17.6. The minimum Gasteiger partial charge on any atom is -0.493 e. The van der Waals surface area contributed by atoms with Crippen molar-refractivity contribution in [3.63, 3.8) is 0 Å². The molecule has 0 spiro atoms. The van der Waals surface area contributed by atoms with Gasteiger partial charge in [0.25, 0.3) is 0 Å². The van der Waals surface area contributed by atoms with E-state index < -0.39 is 6.10 Å². The molecule has 3 heterocycles. The van der Waals surface area contributed by atoms with E-state index in [1.54, 1.807) is 7.11 Å². The topological polar surface area (TPSA) is 66.5 Å². The van der Waals surface area contributed by atoms with E-state index in [1.165, 1.54) is 18.2 Å². The second kappa shape index (κ2) is 7.09. The van der Waals surface area contributed by atoms with Crippen LogP contribution in [0.1, 0.15) is 51.7 Å². The van der Waals surface area contributed by atoms with Crippen LogP contribution in [0.15, 0.2) is 18.2 Å². The van der Waals surface area contributed by atoms with E-state index in [1.807, 2.05) is 12.1 Å². The van der Waals surface area contributed by atoms with Crippen molar-refractivity contribution in [2.45, 2.75) is 31.9 Å². The van der Waals surface area contributed by atoms with E-state index in [-0.39, 0.29) is 18.8 Å². The van der Waals surface area contributed by atoms with E-state index in [0.29, 0.717) is 17.1 Å². The third-order valence-corrected chi connectivity index (χ3v) is 6.36. The fourth-order valence-corrected chi connectivity index (χ4v) is 5.01. The van der Waals surface area contributed by atoms with Crippen LogP contribution in [-0.4, -0.2) is 45.5 Å². The van der Waals surface area contributed by atoms with Gasteiger partial charge in [-0.3, -0.25) is 4.90 Å². The predicted octanol–water partition coefficient (Wildman–Crippen LogP) is 3.44. The summed E-state index contributed by atoms with van der Waals surface area (Å²) >= 11 is 0. The molecular formula is C23H25NO6. The lowest BCUT2D eigenvalue weighted by molar-refractivity contribution is 0.00913. The molecule has 7 heteroatoms. The molecule has 5 rings (SSSR count). The standard InChI is InChI=1S/C23H25NO6/c1-5-13-17-12(10-16-20(13)29-11-28-16)8-9-24(2)19(17)21-14-6-7-15(26-3)22(27-4)18(14)23(25)30-21/h6-7,10,19,21H,5,8-9,11H2,1-4H3/t19-,21+/m1/s1. The summed E-state index contributed by atoms with van der Waals surface area (Å²) in [6.07, 6.45) is 1.27. The van der Waals surface area contributed by atoms with Crippen LogP contribution in [0.3, 0.4) is 0 Å². The zero-order valence-electron chi connectivity index (χ0n) is 17.6. The number of methoxy groups -OCH3 is 2. The van der Waals surface area contributed by atoms with E-state index in [4.69, 9.17) is 23.7 Å². The molecule has 2 aromatic rings. The summed E-state index contributed by atoms with van der Waals surface area (Å²) in [7, 11) is 5.17. The number of fused-ring (bicyclic) bond motifs is 3. The molecule has 3 aliphatic heterocycles. The summed E-state index contributed by atoms with van der Waals surface area (Å²) in [6.45, 7) is 3.22. The largest absolute Gasteiger partial charge is 0.493 e. The molecule has 3 aliphatic rings. The first-order valence-corrected chi connectivity index (χ1v) is 10.2. The number of rotatable bonds is 4. The van der Waals surface area contributed by atoms with Gasteiger partial charge in [-0.1, -0.05) is 13.0 Å². The monoisotopic (exact) mass is 411 g/mol. The SMILES string of the molecule is CCc1c2c(cc3c1[C@H]([C@H]1OC(=O)c4c1ccc(OC)c4OC)N(C)CC3)OCO2. The summed E-state index contributed by atoms with van der Waals surface area (Å²) < 4.78 is 28.3. The van der Waals surface area contributed by atoms with Crippen molar-refractivity contribution in [3.8, 4) is 23.0 Å². The van der Waals surface area contributed by atoms with Gasteiger partial charge in [-0.2, -0.15) is 0 Å². The first-order chi connectivity index (χ1) is 14.6. The fraction of sp³-hybridized carbons (Fsp3) is 0.435. The van der Waals surface area contributed by atoms with Crippen molar-refractivity contribution in [1.29, 1.82) is 0 Å². The second-order valence-corrected chi connectivity index (χ2v) is 7.78. The van der Waals surface area contributed by atoms with Crippen LogP contribution in [0.4, 0.5) is 0 Å². The van der Waals surface area contributed by atoms with Gasteiger partial charge < -0.3 is 23.7 Å². The highest BCUT2D eigenvalue weighted by Crippen LogP contribution is 2.52. The molecule has 0 saturated heterocycles. The number of esters is 1. The molecule has 158 valence electrons. The van der Waals surface area contributed by atoms with Crippen molar-refractivity contribution in [3.05, 3.63) is 46.0 Å². The Labute approximate surface area is 175 Å². The molecule has 0 fully saturated rings. The smallest absolute Gasteiger partial charge is 0.343 e. The van der Waals surface area contributed by atoms with Gasteiger partial charge in [0.05, 0.1) is 20.3 Å². The highest BCUT2D eigenvalue weighted by atomic mass is 16.7. The van der Waals surface area contributed by atoms with Crippen LogP contribution in [0, 0.1) is 0 Å². The summed E-state index contributed by atoms with van der Waals surface area (Å²) in [5.74, 6) is 2.18. The van der Waals surface area contributed by atoms with Crippen molar-refractivity contribution >= 4 is 5.97 Å². The normalized spacial score (nSPS) is 21.8. The lowest BCUT2D eigenvalue weighted by Gasteiger charge is -2.39. The van der Waals surface area contributed by atoms with E-state index in [2.05, 4.69) is 24.9 Å². The van der Waals surface area contributed by atoms with E-state index in [0.717, 1.165) is 42.0 Å². The Kier molecular flexibility index (Phi) is 4.50. The van der Waals surface area contributed by atoms with Gasteiger partial charge in [0.2, 0.25) is 6.79 Å². The van der Waals surface area contributed by atoms with Gasteiger partial charge in [-0.25, -0.2) is 4.79 Å². The molecule has 0 N–H and O–H groups in total. The molecule has 0 unspecified atom stereocenters. The Morgan fingerprint density at radius 3 is 2.77 bits per heavy atom. The van der Waals surface area contributed by atoms with Crippen molar-refractivity contribution in [1.82, 2.24) is 4.90 Å².